The SMILES string of the molecule is NC(Cc1ccc(O)cc1)C1(c2ccccc2)CCC1. The van der Waals surface area contributed by atoms with E-state index >= 15 is 0 Å². The Morgan fingerprint density at radius 1 is 1.00 bits per heavy atom. The first kappa shape index (κ1) is 13.2. The van der Waals surface area contributed by atoms with E-state index in [2.05, 4.69) is 30.3 Å². The molecule has 1 fully saturated rings. The lowest BCUT2D eigenvalue weighted by molar-refractivity contribution is 0.194. The standard InChI is InChI=1S/C18H21NO/c19-17(13-14-7-9-16(20)10-8-14)18(11-4-12-18)15-5-2-1-3-6-15/h1-3,5-10,17,20H,4,11-13,19H2. The topological polar surface area (TPSA) is 46.2 Å². The van der Waals surface area contributed by atoms with Gasteiger partial charge in [-0.05, 0) is 42.5 Å². The van der Waals surface area contributed by atoms with Gasteiger partial charge in [-0.1, -0.05) is 48.9 Å². The Morgan fingerprint density at radius 3 is 2.20 bits per heavy atom. The first-order chi connectivity index (χ1) is 9.71. The number of hydrogen-bond donors (Lipinski definition) is 2. The fourth-order valence-corrected chi connectivity index (χ4v) is 3.28. The molecule has 104 valence electrons. The van der Waals surface area contributed by atoms with E-state index in [1.165, 1.54) is 30.4 Å². The molecule has 3 rings (SSSR count). The molecule has 0 saturated heterocycles. The van der Waals surface area contributed by atoms with E-state index in [9.17, 15) is 5.11 Å². The van der Waals surface area contributed by atoms with Gasteiger partial charge < -0.3 is 10.8 Å². The molecule has 0 amide bonds. The Bertz CT molecular complexity index is 558. The summed E-state index contributed by atoms with van der Waals surface area (Å²) in [7, 11) is 0. The summed E-state index contributed by atoms with van der Waals surface area (Å²) in [5.41, 5.74) is 9.26. The minimum Gasteiger partial charge on any atom is -0.508 e. The molecule has 1 aliphatic rings. The van der Waals surface area contributed by atoms with Crippen LogP contribution in [0.25, 0.3) is 0 Å². The van der Waals surface area contributed by atoms with Crippen molar-refractivity contribution in [1.82, 2.24) is 0 Å². The molecular formula is C18H21NO. The highest BCUT2D eigenvalue weighted by atomic mass is 16.3. The van der Waals surface area contributed by atoms with Crippen molar-refractivity contribution >= 4 is 0 Å². The molecule has 0 aliphatic heterocycles. The average Bonchev–Trinajstić information content (AvgIpc) is 2.41. The molecule has 0 heterocycles. The van der Waals surface area contributed by atoms with Crippen molar-refractivity contribution in [2.75, 3.05) is 0 Å². The molecule has 1 atom stereocenters. The van der Waals surface area contributed by atoms with Gasteiger partial charge in [0.25, 0.3) is 0 Å². The van der Waals surface area contributed by atoms with Crippen molar-refractivity contribution in [2.45, 2.75) is 37.1 Å². The molecule has 1 aliphatic carbocycles. The number of nitrogens with two attached hydrogens (primary N) is 1. The van der Waals surface area contributed by atoms with Crippen LogP contribution in [-0.2, 0) is 11.8 Å². The van der Waals surface area contributed by atoms with Crippen molar-refractivity contribution in [3.8, 4) is 5.75 Å². The lowest BCUT2D eigenvalue weighted by Gasteiger charge is -2.47. The number of aromatic hydroxyl groups is 1. The Labute approximate surface area is 120 Å². The van der Waals surface area contributed by atoms with Gasteiger partial charge >= 0.3 is 0 Å². The number of benzene rings is 2. The number of rotatable bonds is 4. The van der Waals surface area contributed by atoms with E-state index in [1.54, 1.807) is 12.1 Å². The molecule has 2 nitrogen and oxygen atoms in total. The average molecular weight is 267 g/mol. The van der Waals surface area contributed by atoms with Crippen LogP contribution in [0.15, 0.2) is 54.6 Å². The van der Waals surface area contributed by atoms with Crippen LogP contribution < -0.4 is 5.73 Å². The summed E-state index contributed by atoms with van der Waals surface area (Å²) in [4.78, 5) is 0. The zero-order chi connectivity index (χ0) is 14.0. The van der Waals surface area contributed by atoms with Gasteiger partial charge in [-0.2, -0.15) is 0 Å². The fraction of sp³-hybridized carbons (Fsp3) is 0.333. The van der Waals surface area contributed by atoms with Gasteiger partial charge in [-0.15, -0.1) is 0 Å². The van der Waals surface area contributed by atoms with Crippen LogP contribution in [0.1, 0.15) is 30.4 Å². The first-order valence-corrected chi connectivity index (χ1v) is 7.30. The maximum atomic E-state index is 9.35. The summed E-state index contributed by atoms with van der Waals surface area (Å²) in [6, 6.07) is 18.2. The minimum absolute atomic E-state index is 0.128. The Balaban J connectivity index is 1.81. The number of phenolic OH excluding ortho intramolecular Hbond substituents is 1. The molecule has 2 heteroatoms. The molecule has 20 heavy (non-hydrogen) atoms. The van der Waals surface area contributed by atoms with E-state index in [4.69, 9.17) is 5.73 Å². The minimum atomic E-state index is 0.128. The summed E-state index contributed by atoms with van der Waals surface area (Å²) >= 11 is 0. The zero-order valence-corrected chi connectivity index (χ0v) is 11.6. The highest BCUT2D eigenvalue weighted by molar-refractivity contribution is 5.33. The Morgan fingerprint density at radius 2 is 1.65 bits per heavy atom. The molecular weight excluding hydrogens is 246 g/mol. The third-order valence-corrected chi connectivity index (χ3v) is 4.70. The Kier molecular flexibility index (Phi) is 3.49. The second-order valence-corrected chi connectivity index (χ2v) is 5.85. The number of hydrogen-bond acceptors (Lipinski definition) is 2. The number of phenols is 1. The van der Waals surface area contributed by atoms with Crippen molar-refractivity contribution in [2.24, 2.45) is 5.73 Å². The van der Waals surface area contributed by atoms with E-state index in [0.29, 0.717) is 5.75 Å². The molecule has 0 bridgehead atoms. The maximum absolute atomic E-state index is 9.35. The Hall–Kier alpha value is -1.80. The van der Waals surface area contributed by atoms with Gasteiger partial charge in [-0.25, -0.2) is 0 Å². The molecule has 1 unspecified atom stereocenters. The molecule has 0 aromatic heterocycles. The summed E-state index contributed by atoms with van der Waals surface area (Å²) in [6.45, 7) is 0. The molecule has 3 N–H and O–H groups in total. The van der Waals surface area contributed by atoms with Crippen LogP contribution in [0.4, 0.5) is 0 Å². The molecule has 1 saturated carbocycles. The van der Waals surface area contributed by atoms with Crippen molar-refractivity contribution in [3.63, 3.8) is 0 Å². The summed E-state index contributed by atoms with van der Waals surface area (Å²) in [5, 5.41) is 9.35. The van der Waals surface area contributed by atoms with Gasteiger partial charge in [0.15, 0.2) is 0 Å². The third-order valence-electron chi connectivity index (χ3n) is 4.70. The highest BCUT2D eigenvalue weighted by Crippen LogP contribution is 2.46. The normalized spacial score (nSPS) is 18.2. The summed E-state index contributed by atoms with van der Waals surface area (Å²) in [6.07, 6.45) is 4.47. The van der Waals surface area contributed by atoms with Crippen LogP contribution in [0.2, 0.25) is 0 Å². The monoisotopic (exact) mass is 267 g/mol. The second-order valence-electron chi connectivity index (χ2n) is 5.85. The van der Waals surface area contributed by atoms with E-state index in [0.717, 1.165) is 6.42 Å². The van der Waals surface area contributed by atoms with Crippen molar-refractivity contribution < 1.29 is 5.11 Å². The quantitative estimate of drug-likeness (QED) is 0.892. The van der Waals surface area contributed by atoms with Crippen LogP contribution >= 0.6 is 0 Å². The van der Waals surface area contributed by atoms with E-state index in [-0.39, 0.29) is 11.5 Å². The van der Waals surface area contributed by atoms with E-state index in [1.807, 2.05) is 12.1 Å². The summed E-state index contributed by atoms with van der Waals surface area (Å²) < 4.78 is 0. The van der Waals surface area contributed by atoms with Crippen LogP contribution in [0.5, 0.6) is 5.75 Å². The largest absolute Gasteiger partial charge is 0.508 e. The molecule has 2 aromatic rings. The molecule has 0 radical (unpaired) electrons. The van der Waals surface area contributed by atoms with Crippen molar-refractivity contribution in [3.05, 3.63) is 65.7 Å². The summed E-state index contributed by atoms with van der Waals surface area (Å²) in [5.74, 6) is 0.309. The fourth-order valence-electron chi connectivity index (χ4n) is 3.28. The van der Waals surface area contributed by atoms with E-state index < -0.39 is 0 Å². The van der Waals surface area contributed by atoms with Gasteiger partial charge in [0.1, 0.15) is 5.75 Å². The van der Waals surface area contributed by atoms with Crippen LogP contribution in [-0.4, -0.2) is 11.1 Å². The molecule has 0 spiro atoms. The molecule has 2 aromatic carbocycles. The highest BCUT2D eigenvalue weighted by Gasteiger charge is 2.43. The lowest BCUT2D eigenvalue weighted by atomic mass is 9.59. The predicted molar refractivity (Wildman–Crippen MR) is 81.8 cm³/mol. The van der Waals surface area contributed by atoms with Crippen LogP contribution in [0.3, 0.4) is 0 Å². The lowest BCUT2D eigenvalue weighted by Crippen LogP contribution is -2.51. The second kappa shape index (κ2) is 5.29. The zero-order valence-electron chi connectivity index (χ0n) is 11.6. The van der Waals surface area contributed by atoms with Gasteiger partial charge in [0.2, 0.25) is 0 Å². The first-order valence-electron chi connectivity index (χ1n) is 7.30. The van der Waals surface area contributed by atoms with Crippen LogP contribution in [0, 0.1) is 0 Å². The van der Waals surface area contributed by atoms with Gasteiger partial charge in [0.05, 0.1) is 0 Å². The maximum Gasteiger partial charge on any atom is 0.115 e. The smallest absolute Gasteiger partial charge is 0.115 e. The third kappa shape index (κ3) is 2.32. The van der Waals surface area contributed by atoms with Gasteiger partial charge in [0, 0.05) is 11.5 Å². The van der Waals surface area contributed by atoms with Crippen molar-refractivity contribution in [1.29, 1.82) is 0 Å². The predicted octanol–water partition coefficient (Wildman–Crippen LogP) is 3.38. The van der Waals surface area contributed by atoms with Gasteiger partial charge in [-0.3, -0.25) is 0 Å².